The first kappa shape index (κ1) is 11.6. The van der Waals surface area contributed by atoms with Crippen molar-refractivity contribution in [3.8, 4) is 0 Å². The van der Waals surface area contributed by atoms with Crippen molar-refractivity contribution >= 4 is 0 Å². The zero-order valence-electron chi connectivity index (χ0n) is 9.91. The summed E-state index contributed by atoms with van der Waals surface area (Å²) in [6.07, 6.45) is 5.05. The minimum atomic E-state index is 0.721. The minimum Gasteiger partial charge on any atom is -0.317 e. The molecule has 0 spiro atoms. The molecule has 88 valence electrons. The molecule has 0 radical (unpaired) electrons. The molecule has 2 N–H and O–H groups in total. The van der Waals surface area contributed by atoms with Crippen LogP contribution in [0.15, 0.2) is 30.3 Å². The third-order valence-electron chi connectivity index (χ3n) is 3.27. The minimum absolute atomic E-state index is 0.721. The molecular formula is C14H22N2. The van der Waals surface area contributed by atoms with Crippen molar-refractivity contribution < 1.29 is 0 Å². The van der Waals surface area contributed by atoms with E-state index < -0.39 is 0 Å². The monoisotopic (exact) mass is 218 g/mol. The molecule has 2 rings (SSSR count). The van der Waals surface area contributed by atoms with E-state index in [2.05, 4.69) is 41.0 Å². The van der Waals surface area contributed by atoms with Gasteiger partial charge in [0.1, 0.15) is 0 Å². The Hall–Kier alpha value is -0.860. The number of nitrogens with one attached hydrogen (secondary N) is 2. The highest BCUT2D eigenvalue weighted by Gasteiger charge is 2.10. The van der Waals surface area contributed by atoms with E-state index in [0.717, 1.165) is 19.0 Å². The molecule has 1 unspecified atom stereocenters. The smallest absolute Gasteiger partial charge is 0.00797 e. The van der Waals surface area contributed by atoms with Crippen molar-refractivity contribution in [2.45, 2.75) is 31.7 Å². The summed E-state index contributed by atoms with van der Waals surface area (Å²) in [7, 11) is 0. The largest absolute Gasteiger partial charge is 0.317 e. The first-order valence-corrected chi connectivity index (χ1v) is 6.43. The molecule has 1 aliphatic rings. The van der Waals surface area contributed by atoms with E-state index in [0.29, 0.717) is 0 Å². The van der Waals surface area contributed by atoms with Gasteiger partial charge in [-0.1, -0.05) is 30.3 Å². The highest BCUT2D eigenvalue weighted by Crippen LogP contribution is 2.05. The number of rotatable bonds is 4. The van der Waals surface area contributed by atoms with Gasteiger partial charge in [-0.05, 0) is 50.9 Å². The molecule has 1 atom stereocenters. The third-order valence-corrected chi connectivity index (χ3v) is 3.27. The summed E-state index contributed by atoms with van der Waals surface area (Å²) in [5.74, 6) is 0. The molecule has 16 heavy (non-hydrogen) atoms. The Bertz CT molecular complexity index is 276. The lowest BCUT2D eigenvalue weighted by Crippen LogP contribution is -2.31. The molecule has 1 fully saturated rings. The average molecular weight is 218 g/mol. The maximum Gasteiger partial charge on any atom is 0.00797 e. The van der Waals surface area contributed by atoms with Gasteiger partial charge in [0, 0.05) is 6.04 Å². The van der Waals surface area contributed by atoms with Crippen molar-refractivity contribution in [1.82, 2.24) is 10.6 Å². The lowest BCUT2D eigenvalue weighted by molar-refractivity contribution is 0.472. The lowest BCUT2D eigenvalue weighted by Gasteiger charge is -2.15. The van der Waals surface area contributed by atoms with Crippen LogP contribution in [0.2, 0.25) is 0 Å². The molecule has 1 aliphatic heterocycles. The molecule has 0 bridgehead atoms. The molecule has 0 aromatic heterocycles. The van der Waals surface area contributed by atoms with Gasteiger partial charge in [-0.2, -0.15) is 0 Å². The highest BCUT2D eigenvalue weighted by atomic mass is 14.9. The van der Waals surface area contributed by atoms with E-state index >= 15 is 0 Å². The van der Waals surface area contributed by atoms with Gasteiger partial charge in [0.15, 0.2) is 0 Å². The van der Waals surface area contributed by atoms with Crippen molar-refractivity contribution in [3.05, 3.63) is 35.9 Å². The summed E-state index contributed by atoms with van der Waals surface area (Å²) in [5.41, 5.74) is 1.43. The normalized spacial score (nSPS) is 21.6. The van der Waals surface area contributed by atoms with Crippen LogP contribution in [0.25, 0.3) is 0 Å². The predicted molar refractivity (Wildman–Crippen MR) is 68.7 cm³/mol. The maximum atomic E-state index is 3.67. The van der Waals surface area contributed by atoms with Crippen LogP contribution in [0.4, 0.5) is 0 Å². The van der Waals surface area contributed by atoms with Crippen LogP contribution in [0, 0.1) is 0 Å². The van der Waals surface area contributed by atoms with Gasteiger partial charge < -0.3 is 10.6 Å². The van der Waals surface area contributed by atoms with E-state index in [1.165, 1.54) is 37.9 Å². The first-order valence-electron chi connectivity index (χ1n) is 6.43. The van der Waals surface area contributed by atoms with Gasteiger partial charge in [-0.25, -0.2) is 0 Å². The van der Waals surface area contributed by atoms with Gasteiger partial charge in [0.25, 0.3) is 0 Å². The summed E-state index contributed by atoms with van der Waals surface area (Å²) in [4.78, 5) is 0. The Kier molecular flexibility index (Phi) is 4.84. The average Bonchev–Trinajstić information content (AvgIpc) is 2.59. The second kappa shape index (κ2) is 6.66. The fourth-order valence-corrected chi connectivity index (χ4v) is 2.29. The predicted octanol–water partition coefficient (Wildman–Crippen LogP) is 1.96. The molecule has 1 aromatic rings. The SMILES string of the molecule is c1ccc(CCNC2CCCNCC2)cc1. The fraction of sp³-hybridized carbons (Fsp3) is 0.571. The zero-order chi connectivity index (χ0) is 11.1. The molecule has 0 saturated carbocycles. The Morgan fingerprint density at radius 2 is 2.00 bits per heavy atom. The standard InChI is InChI=1S/C14H22N2/c1-2-5-13(6-3-1)8-12-16-14-7-4-10-15-11-9-14/h1-3,5-6,14-16H,4,7-12H2. The van der Waals surface area contributed by atoms with Gasteiger partial charge in [0.05, 0.1) is 0 Å². The lowest BCUT2D eigenvalue weighted by atomic mass is 10.1. The summed E-state index contributed by atoms with van der Waals surface area (Å²) in [6.45, 7) is 3.47. The van der Waals surface area contributed by atoms with Crippen molar-refractivity contribution in [3.63, 3.8) is 0 Å². The zero-order valence-corrected chi connectivity index (χ0v) is 9.91. The van der Waals surface area contributed by atoms with Crippen LogP contribution < -0.4 is 10.6 Å². The van der Waals surface area contributed by atoms with E-state index in [9.17, 15) is 0 Å². The van der Waals surface area contributed by atoms with Crippen molar-refractivity contribution in [2.75, 3.05) is 19.6 Å². The summed E-state index contributed by atoms with van der Waals surface area (Å²) >= 11 is 0. The molecular weight excluding hydrogens is 196 g/mol. The summed E-state index contributed by atoms with van der Waals surface area (Å²) < 4.78 is 0. The van der Waals surface area contributed by atoms with Gasteiger partial charge >= 0.3 is 0 Å². The van der Waals surface area contributed by atoms with Crippen molar-refractivity contribution in [2.24, 2.45) is 0 Å². The second-order valence-corrected chi connectivity index (χ2v) is 4.57. The van der Waals surface area contributed by atoms with E-state index in [-0.39, 0.29) is 0 Å². The highest BCUT2D eigenvalue weighted by molar-refractivity contribution is 5.14. The molecule has 1 aromatic carbocycles. The summed E-state index contributed by atoms with van der Waals surface area (Å²) in [6, 6.07) is 11.4. The molecule has 0 aliphatic carbocycles. The fourth-order valence-electron chi connectivity index (χ4n) is 2.29. The van der Waals surface area contributed by atoms with Crippen LogP contribution >= 0.6 is 0 Å². The maximum absolute atomic E-state index is 3.67. The molecule has 2 heteroatoms. The summed E-state index contributed by atoms with van der Waals surface area (Å²) in [5, 5.41) is 7.12. The van der Waals surface area contributed by atoms with Crippen LogP contribution in [-0.4, -0.2) is 25.7 Å². The van der Waals surface area contributed by atoms with E-state index in [1.807, 2.05) is 0 Å². The number of benzene rings is 1. The van der Waals surface area contributed by atoms with Crippen LogP contribution in [0.5, 0.6) is 0 Å². The second-order valence-electron chi connectivity index (χ2n) is 4.57. The van der Waals surface area contributed by atoms with Crippen LogP contribution in [0.1, 0.15) is 24.8 Å². The Labute approximate surface area is 98.4 Å². The van der Waals surface area contributed by atoms with E-state index in [1.54, 1.807) is 0 Å². The van der Waals surface area contributed by atoms with Crippen LogP contribution in [0.3, 0.4) is 0 Å². The molecule has 0 amide bonds. The third kappa shape index (κ3) is 3.95. The number of hydrogen-bond donors (Lipinski definition) is 2. The van der Waals surface area contributed by atoms with Gasteiger partial charge in [-0.15, -0.1) is 0 Å². The van der Waals surface area contributed by atoms with E-state index in [4.69, 9.17) is 0 Å². The van der Waals surface area contributed by atoms with Crippen molar-refractivity contribution in [1.29, 1.82) is 0 Å². The topological polar surface area (TPSA) is 24.1 Å². The van der Waals surface area contributed by atoms with Gasteiger partial charge in [0.2, 0.25) is 0 Å². The molecule has 1 heterocycles. The van der Waals surface area contributed by atoms with Crippen LogP contribution in [-0.2, 0) is 6.42 Å². The Morgan fingerprint density at radius 1 is 1.12 bits per heavy atom. The molecule has 1 saturated heterocycles. The quantitative estimate of drug-likeness (QED) is 0.807. The van der Waals surface area contributed by atoms with Gasteiger partial charge in [-0.3, -0.25) is 0 Å². The number of hydrogen-bond acceptors (Lipinski definition) is 2. The molecule has 2 nitrogen and oxygen atoms in total. The first-order chi connectivity index (χ1) is 7.95. The Morgan fingerprint density at radius 3 is 2.88 bits per heavy atom. The Balaban J connectivity index is 1.67.